The summed E-state index contributed by atoms with van der Waals surface area (Å²) in [5, 5.41) is 4.17. The number of benzene rings is 2. The van der Waals surface area contributed by atoms with E-state index >= 15 is 0 Å². The van der Waals surface area contributed by atoms with E-state index in [9.17, 15) is 18.0 Å². The quantitative estimate of drug-likeness (QED) is 0.442. The highest BCUT2D eigenvalue weighted by atomic mass is 35.5. The minimum absolute atomic E-state index is 0.0520. The predicted molar refractivity (Wildman–Crippen MR) is 145 cm³/mol. The van der Waals surface area contributed by atoms with Gasteiger partial charge in [-0.2, -0.15) is 0 Å². The van der Waals surface area contributed by atoms with Crippen LogP contribution in [0.25, 0.3) is 0 Å². The summed E-state index contributed by atoms with van der Waals surface area (Å²) in [6.07, 6.45) is 6.03. The van der Waals surface area contributed by atoms with E-state index in [4.69, 9.17) is 34.8 Å². The normalized spacial score (nSPS) is 15.2. The molecule has 1 saturated carbocycles. The Bertz CT molecular complexity index is 1170. The van der Waals surface area contributed by atoms with Gasteiger partial charge in [-0.15, -0.1) is 0 Å². The number of hydrogen-bond acceptors (Lipinski definition) is 4. The first-order valence-electron chi connectivity index (χ1n) is 11.7. The lowest BCUT2D eigenvalue weighted by molar-refractivity contribution is -0.139. The number of nitrogens with zero attached hydrogens (tertiary/aromatic N) is 2. The molecule has 196 valence electrons. The first kappa shape index (κ1) is 28.6. The van der Waals surface area contributed by atoms with Crippen LogP contribution in [0.5, 0.6) is 0 Å². The van der Waals surface area contributed by atoms with Crippen LogP contribution in [0.3, 0.4) is 0 Å². The van der Waals surface area contributed by atoms with Crippen molar-refractivity contribution >= 4 is 62.3 Å². The van der Waals surface area contributed by atoms with Crippen LogP contribution in [0.4, 0.5) is 5.69 Å². The molecule has 0 heterocycles. The summed E-state index contributed by atoms with van der Waals surface area (Å²) in [4.78, 5) is 28.1. The molecule has 0 spiro atoms. The molecule has 2 aromatic rings. The molecule has 0 aliphatic heterocycles. The third-order valence-electron chi connectivity index (χ3n) is 6.30. The SMILES string of the molecule is C[C@H](C(=O)NC1CCCCC1)N(Cc1c(Cl)cccc1Cl)C(=O)CN(c1ccc(Cl)cc1)S(C)(=O)=O. The lowest BCUT2D eigenvalue weighted by Crippen LogP contribution is -2.53. The van der Waals surface area contributed by atoms with Crippen molar-refractivity contribution in [3.05, 3.63) is 63.1 Å². The highest BCUT2D eigenvalue weighted by Gasteiger charge is 2.32. The number of carbonyl (C=O) groups is 2. The fraction of sp³-hybridized carbons (Fsp3) is 0.440. The Balaban J connectivity index is 1.91. The van der Waals surface area contributed by atoms with Crippen LogP contribution in [0, 0.1) is 0 Å². The Morgan fingerprint density at radius 1 is 1.00 bits per heavy atom. The highest BCUT2D eigenvalue weighted by molar-refractivity contribution is 7.92. The van der Waals surface area contributed by atoms with Gasteiger partial charge in [0.25, 0.3) is 0 Å². The van der Waals surface area contributed by atoms with Crippen molar-refractivity contribution in [2.24, 2.45) is 0 Å². The van der Waals surface area contributed by atoms with Crippen LogP contribution in [0.2, 0.25) is 15.1 Å². The maximum Gasteiger partial charge on any atom is 0.244 e. The second kappa shape index (κ2) is 12.5. The monoisotopic (exact) mass is 573 g/mol. The van der Waals surface area contributed by atoms with Crippen molar-refractivity contribution in [3.63, 3.8) is 0 Å². The van der Waals surface area contributed by atoms with Gasteiger partial charge in [0.2, 0.25) is 21.8 Å². The van der Waals surface area contributed by atoms with E-state index in [0.717, 1.165) is 42.7 Å². The van der Waals surface area contributed by atoms with Gasteiger partial charge in [-0.05, 0) is 56.2 Å². The van der Waals surface area contributed by atoms with Crippen molar-refractivity contribution < 1.29 is 18.0 Å². The van der Waals surface area contributed by atoms with Gasteiger partial charge in [-0.25, -0.2) is 8.42 Å². The largest absolute Gasteiger partial charge is 0.352 e. The number of hydrogen-bond donors (Lipinski definition) is 1. The number of halogens is 3. The van der Waals surface area contributed by atoms with Crippen LogP contribution < -0.4 is 9.62 Å². The second-order valence-corrected chi connectivity index (χ2v) is 12.1. The molecule has 11 heteroatoms. The maximum absolute atomic E-state index is 13.6. The van der Waals surface area contributed by atoms with Crippen LogP contribution in [-0.2, 0) is 26.2 Å². The number of rotatable bonds is 9. The standard InChI is InChI=1S/C25H30Cl3N3O4S/c1-17(25(33)29-19-7-4-3-5-8-19)30(15-21-22(27)9-6-10-23(21)28)24(32)16-31(36(2,34)35)20-13-11-18(26)12-14-20/h6,9-14,17,19H,3-5,7-8,15-16H2,1-2H3,(H,29,33)/t17-/m1/s1. The zero-order chi connectivity index (χ0) is 26.5. The molecule has 1 fully saturated rings. The lowest BCUT2D eigenvalue weighted by atomic mass is 9.95. The Morgan fingerprint density at radius 3 is 2.14 bits per heavy atom. The summed E-state index contributed by atoms with van der Waals surface area (Å²) < 4.78 is 26.2. The van der Waals surface area contributed by atoms with Gasteiger partial charge in [-0.3, -0.25) is 13.9 Å². The molecule has 2 aromatic carbocycles. The second-order valence-electron chi connectivity index (χ2n) is 8.99. The molecule has 0 saturated heterocycles. The molecule has 36 heavy (non-hydrogen) atoms. The van der Waals surface area contributed by atoms with Crippen LogP contribution >= 0.6 is 34.8 Å². The molecule has 0 aromatic heterocycles. The average molecular weight is 575 g/mol. The molecule has 7 nitrogen and oxygen atoms in total. The Labute approximate surface area is 227 Å². The molecule has 1 aliphatic carbocycles. The molecular formula is C25H30Cl3N3O4S. The summed E-state index contributed by atoms with van der Waals surface area (Å²) in [6, 6.07) is 10.3. The molecular weight excluding hydrogens is 545 g/mol. The predicted octanol–water partition coefficient (Wildman–Crippen LogP) is 5.28. The van der Waals surface area contributed by atoms with E-state index in [1.54, 1.807) is 37.3 Å². The van der Waals surface area contributed by atoms with Crippen LogP contribution in [0.1, 0.15) is 44.6 Å². The molecule has 0 unspecified atom stereocenters. The Morgan fingerprint density at radius 2 is 1.58 bits per heavy atom. The van der Waals surface area contributed by atoms with Gasteiger partial charge < -0.3 is 10.2 Å². The first-order valence-corrected chi connectivity index (χ1v) is 14.7. The molecule has 1 atom stereocenters. The lowest BCUT2D eigenvalue weighted by Gasteiger charge is -2.33. The van der Waals surface area contributed by atoms with E-state index in [2.05, 4.69) is 5.32 Å². The minimum Gasteiger partial charge on any atom is -0.352 e. The van der Waals surface area contributed by atoms with E-state index < -0.39 is 28.5 Å². The van der Waals surface area contributed by atoms with E-state index in [1.807, 2.05) is 0 Å². The zero-order valence-electron chi connectivity index (χ0n) is 20.2. The van der Waals surface area contributed by atoms with Gasteiger partial charge in [0, 0.05) is 33.2 Å². The van der Waals surface area contributed by atoms with Gasteiger partial charge >= 0.3 is 0 Å². The van der Waals surface area contributed by atoms with Crippen molar-refractivity contribution in [2.75, 3.05) is 17.1 Å². The van der Waals surface area contributed by atoms with Crippen molar-refractivity contribution in [1.29, 1.82) is 0 Å². The Kier molecular flexibility index (Phi) is 9.92. The average Bonchev–Trinajstić information content (AvgIpc) is 2.82. The van der Waals surface area contributed by atoms with E-state index in [1.165, 1.54) is 17.0 Å². The maximum atomic E-state index is 13.6. The topological polar surface area (TPSA) is 86.8 Å². The fourth-order valence-corrected chi connectivity index (χ4v) is 5.72. The number of nitrogens with one attached hydrogen (secondary N) is 1. The zero-order valence-corrected chi connectivity index (χ0v) is 23.3. The third-order valence-corrected chi connectivity index (χ3v) is 8.40. The number of anilines is 1. The molecule has 0 radical (unpaired) electrons. The first-order chi connectivity index (χ1) is 17.0. The molecule has 3 rings (SSSR count). The smallest absolute Gasteiger partial charge is 0.244 e. The fourth-order valence-electron chi connectivity index (χ4n) is 4.23. The summed E-state index contributed by atoms with van der Waals surface area (Å²) >= 11 is 18.7. The van der Waals surface area contributed by atoms with Crippen molar-refractivity contribution in [2.45, 2.75) is 57.7 Å². The summed E-state index contributed by atoms with van der Waals surface area (Å²) in [6.45, 7) is 1.05. The number of amides is 2. The number of carbonyl (C=O) groups excluding carboxylic acids is 2. The molecule has 2 amide bonds. The molecule has 1 aliphatic rings. The van der Waals surface area contributed by atoms with Crippen molar-refractivity contribution in [3.8, 4) is 0 Å². The van der Waals surface area contributed by atoms with Gasteiger partial charge in [0.15, 0.2) is 0 Å². The van der Waals surface area contributed by atoms with Crippen LogP contribution in [0.15, 0.2) is 42.5 Å². The highest BCUT2D eigenvalue weighted by Crippen LogP contribution is 2.28. The van der Waals surface area contributed by atoms with Gasteiger partial charge in [0.05, 0.1) is 11.9 Å². The summed E-state index contributed by atoms with van der Waals surface area (Å²) in [5.74, 6) is -0.881. The van der Waals surface area contributed by atoms with E-state index in [-0.39, 0.29) is 24.2 Å². The summed E-state index contributed by atoms with van der Waals surface area (Å²) in [5.41, 5.74) is 0.759. The van der Waals surface area contributed by atoms with Crippen LogP contribution in [-0.4, -0.2) is 50.0 Å². The third kappa shape index (κ3) is 7.51. The molecule has 0 bridgehead atoms. The summed E-state index contributed by atoms with van der Waals surface area (Å²) in [7, 11) is -3.83. The minimum atomic E-state index is -3.83. The Hall–Kier alpha value is -2.00. The molecule has 1 N–H and O–H groups in total. The van der Waals surface area contributed by atoms with Gasteiger partial charge in [0.1, 0.15) is 12.6 Å². The van der Waals surface area contributed by atoms with Gasteiger partial charge in [-0.1, -0.05) is 60.1 Å². The van der Waals surface area contributed by atoms with E-state index in [0.29, 0.717) is 20.6 Å². The number of sulfonamides is 1. The van der Waals surface area contributed by atoms with Crippen molar-refractivity contribution in [1.82, 2.24) is 10.2 Å².